The van der Waals surface area contributed by atoms with Crippen LogP contribution >= 0.6 is 0 Å². The standard InChI is InChI=1S/C35H45N3O5/c1-22-18-23(2)20-26(19-22)30(31(40)36-28-13-11-10-12-24(28)3)38(34(4,5)6)32(41)29(37-33(42)43-35(7,8)9)21-25-14-16-27(39)17-15-25/h10-20,29-30,39H,21H2,1-9H3,(H,36,40)(H,37,42). The molecule has 0 aliphatic rings. The number of alkyl carbamates (subject to hydrolysis) is 1. The lowest BCUT2D eigenvalue weighted by molar-refractivity contribution is -0.146. The summed E-state index contributed by atoms with van der Waals surface area (Å²) in [5.41, 5.74) is 3.20. The summed E-state index contributed by atoms with van der Waals surface area (Å²) in [6.07, 6.45) is -0.630. The van der Waals surface area contributed by atoms with Crippen molar-refractivity contribution in [2.45, 2.75) is 92.0 Å². The van der Waals surface area contributed by atoms with Gasteiger partial charge in [-0.05, 0) is 97.2 Å². The fourth-order valence-corrected chi connectivity index (χ4v) is 5.03. The molecule has 0 aromatic heterocycles. The molecule has 0 aliphatic carbocycles. The zero-order valence-electron chi connectivity index (χ0n) is 26.7. The minimum atomic E-state index is -1.07. The van der Waals surface area contributed by atoms with E-state index in [0.717, 1.165) is 16.7 Å². The van der Waals surface area contributed by atoms with Crippen LogP contribution in [0.4, 0.5) is 10.5 Å². The molecule has 0 bridgehead atoms. The summed E-state index contributed by atoms with van der Waals surface area (Å²) in [6, 6.07) is 17.7. The molecule has 3 aromatic rings. The summed E-state index contributed by atoms with van der Waals surface area (Å²) in [6.45, 7) is 16.7. The van der Waals surface area contributed by atoms with E-state index in [2.05, 4.69) is 10.6 Å². The Morgan fingerprint density at radius 3 is 1.98 bits per heavy atom. The van der Waals surface area contributed by atoms with Crippen LogP contribution in [-0.4, -0.2) is 45.1 Å². The maximum absolute atomic E-state index is 14.7. The van der Waals surface area contributed by atoms with Gasteiger partial charge in [-0.1, -0.05) is 59.7 Å². The number of hydrogen-bond acceptors (Lipinski definition) is 5. The topological polar surface area (TPSA) is 108 Å². The van der Waals surface area contributed by atoms with Gasteiger partial charge in [0.15, 0.2) is 0 Å². The molecule has 0 spiro atoms. The van der Waals surface area contributed by atoms with Crippen molar-refractivity contribution in [1.29, 1.82) is 0 Å². The Bertz CT molecular complexity index is 1430. The summed E-state index contributed by atoms with van der Waals surface area (Å²) in [5.74, 6) is -0.732. The number of nitrogens with one attached hydrogen (secondary N) is 2. The number of benzene rings is 3. The van der Waals surface area contributed by atoms with E-state index in [1.165, 1.54) is 12.1 Å². The second kappa shape index (κ2) is 13.3. The van der Waals surface area contributed by atoms with Crippen molar-refractivity contribution in [2.75, 3.05) is 5.32 Å². The van der Waals surface area contributed by atoms with Crippen molar-refractivity contribution in [3.63, 3.8) is 0 Å². The summed E-state index contributed by atoms with van der Waals surface area (Å²) in [7, 11) is 0. The molecule has 3 N–H and O–H groups in total. The minimum absolute atomic E-state index is 0.0887. The highest BCUT2D eigenvalue weighted by Crippen LogP contribution is 2.33. The van der Waals surface area contributed by atoms with Gasteiger partial charge in [0.05, 0.1) is 0 Å². The van der Waals surface area contributed by atoms with Gasteiger partial charge in [-0.2, -0.15) is 0 Å². The zero-order valence-corrected chi connectivity index (χ0v) is 26.7. The Morgan fingerprint density at radius 1 is 0.860 bits per heavy atom. The van der Waals surface area contributed by atoms with Crippen LogP contribution in [-0.2, 0) is 20.7 Å². The maximum Gasteiger partial charge on any atom is 0.408 e. The summed E-state index contributed by atoms with van der Waals surface area (Å²) in [5, 5.41) is 15.6. The predicted molar refractivity (Wildman–Crippen MR) is 170 cm³/mol. The molecule has 230 valence electrons. The number of carbonyl (C=O) groups is 3. The predicted octanol–water partition coefficient (Wildman–Crippen LogP) is 6.76. The number of phenols is 1. The number of aromatic hydroxyl groups is 1. The fourth-order valence-electron chi connectivity index (χ4n) is 5.03. The molecule has 0 saturated carbocycles. The van der Waals surface area contributed by atoms with E-state index in [1.807, 2.05) is 84.0 Å². The van der Waals surface area contributed by atoms with E-state index in [-0.39, 0.29) is 18.1 Å². The zero-order chi connectivity index (χ0) is 32.1. The third kappa shape index (κ3) is 9.33. The molecule has 3 amide bonds. The molecular weight excluding hydrogens is 542 g/mol. The third-order valence-electron chi connectivity index (χ3n) is 6.79. The molecule has 0 radical (unpaired) electrons. The van der Waals surface area contributed by atoms with E-state index < -0.39 is 35.2 Å². The largest absolute Gasteiger partial charge is 0.508 e. The molecule has 0 heterocycles. The highest BCUT2D eigenvalue weighted by atomic mass is 16.6. The molecule has 2 atom stereocenters. The first-order valence-corrected chi connectivity index (χ1v) is 14.5. The average Bonchev–Trinajstić information content (AvgIpc) is 2.86. The second-order valence-corrected chi connectivity index (χ2v) is 13.1. The highest BCUT2D eigenvalue weighted by Gasteiger charge is 2.42. The Kier molecular flexibility index (Phi) is 10.3. The van der Waals surface area contributed by atoms with Gasteiger partial charge in [0.25, 0.3) is 5.91 Å². The quantitative estimate of drug-likeness (QED) is 0.270. The van der Waals surface area contributed by atoms with Crippen LogP contribution in [0.2, 0.25) is 0 Å². The number of ether oxygens (including phenoxy) is 1. The molecule has 2 unspecified atom stereocenters. The molecule has 3 aromatic carbocycles. The molecule has 43 heavy (non-hydrogen) atoms. The monoisotopic (exact) mass is 587 g/mol. The van der Waals surface area contributed by atoms with Crippen LogP contribution in [0.1, 0.15) is 75.4 Å². The van der Waals surface area contributed by atoms with Gasteiger partial charge in [-0.15, -0.1) is 0 Å². The number of hydrogen-bond donors (Lipinski definition) is 3. The van der Waals surface area contributed by atoms with E-state index in [9.17, 15) is 19.5 Å². The number of nitrogens with zero attached hydrogens (tertiary/aromatic N) is 1. The SMILES string of the molecule is Cc1cc(C)cc(C(C(=O)Nc2ccccc2C)N(C(=O)C(Cc2ccc(O)cc2)NC(=O)OC(C)(C)C)C(C)(C)C)c1. The minimum Gasteiger partial charge on any atom is -0.508 e. The summed E-state index contributed by atoms with van der Waals surface area (Å²) < 4.78 is 5.52. The van der Waals surface area contributed by atoms with Crippen molar-refractivity contribution >= 4 is 23.6 Å². The lowest BCUT2D eigenvalue weighted by atomic mass is 9.92. The summed E-state index contributed by atoms with van der Waals surface area (Å²) in [4.78, 5) is 43.5. The Hall–Kier alpha value is -4.33. The first-order valence-electron chi connectivity index (χ1n) is 14.5. The number of rotatable bonds is 8. The van der Waals surface area contributed by atoms with Gasteiger partial charge in [-0.25, -0.2) is 4.79 Å². The van der Waals surface area contributed by atoms with Crippen LogP contribution < -0.4 is 10.6 Å². The Balaban J connectivity index is 2.15. The molecular formula is C35H45N3O5. The lowest BCUT2D eigenvalue weighted by Gasteiger charge is -2.43. The van der Waals surface area contributed by atoms with Gasteiger partial charge < -0.3 is 25.4 Å². The van der Waals surface area contributed by atoms with Crippen LogP contribution in [0, 0.1) is 20.8 Å². The number of phenolic OH excluding ortho intramolecular Hbond substituents is 1. The van der Waals surface area contributed by atoms with Crippen LogP contribution in [0.25, 0.3) is 0 Å². The van der Waals surface area contributed by atoms with Crippen LogP contribution in [0.3, 0.4) is 0 Å². The van der Waals surface area contributed by atoms with Crippen LogP contribution in [0.5, 0.6) is 5.75 Å². The van der Waals surface area contributed by atoms with E-state index in [1.54, 1.807) is 37.8 Å². The van der Waals surface area contributed by atoms with E-state index in [0.29, 0.717) is 16.8 Å². The fraction of sp³-hybridized carbons (Fsp3) is 0.400. The number of aryl methyl sites for hydroxylation is 3. The van der Waals surface area contributed by atoms with Crippen molar-refractivity contribution in [2.24, 2.45) is 0 Å². The number of carbonyl (C=O) groups excluding carboxylic acids is 3. The molecule has 0 fully saturated rings. The van der Waals surface area contributed by atoms with Crippen molar-refractivity contribution in [3.05, 3.63) is 94.5 Å². The molecule has 0 aliphatic heterocycles. The number of para-hydroxylation sites is 1. The first-order chi connectivity index (χ1) is 19.9. The smallest absolute Gasteiger partial charge is 0.408 e. The molecule has 0 saturated heterocycles. The highest BCUT2D eigenvalue weighted by molar-refractivity contribution is 5.99. The third-order valence-corrected chi connectivity index (χ3v) is 6.79. The second-order valence-electron chi connectivity index (χ2n) is 13.1. The summed E-state index contributed by atoms with van der Waals surface area (Å²) >= 11 is 0. The Morgan fingerprint density at radius 2 is 1.44 bits per heavy atom. The first kappa shape index (κ1) is 33.2. The van der Waals surface area contributed by atoms with Gasteiger partial charge in [0, 0.05) is 17.6 Å². The Labute approximate surface area is 255 Å². The lowest BCUT2D eigenvalue weighted by Crippen LogP contribution is -2.58. The van der Waals surface area contributed by atoms with Gasteiger partial charge in [0.1, 0.15) is 23.4 Å². The normalized spacial score (nSPS) is 13.0. The van der Waals surface area contributed by atoms with Crippen molar-refractivity contribution in [1.82, 2.24) is 10.2 Å². The van der Waals surface area contributed by atoms with Gasteiger partial charge in [-0.3, -0.25) is 9.59 Å². The van der Waals surface area contributed by atoms with Crippen LogP contribution in [0.15, 0.2) is 66.7 Å². The van der Waals surface area contributed by atoms with Crippen molar-refractivity contribution < 1.29 is 24.2 Å². The maximum atomic E-state index is 14.7. The molecule has 8 nitrogen and oxygen atoms in total. The van der Waals surface area contributed by atoms with E-state index >= 15 is 0 Å². The van der Waals surface area contributed by atoms with E-state index in [4.69, 9.17) is 4.74 Å². The van der Waals surface area contributed by atoms with Crippen molar-refractivity contribution in [3.8, 4) is 5.75 Å². The molecule has 3 rings (SSSR count). The van der Waals surface area contributed by atoms with Gasteiger partial charge in [0.2, 0.25) is 5.91 Å². The number of amides is 3. The van der Waals surface area contributed by atoms with Gasteiger partial charge >= 0.3 is 6.09 Å². The number of anilines is 1. The average molecular weight is 588 g/mol. The molecule has 8 heteroatoms.